The molecule has 0 saturated carbocycles. The van der Waals surface area contributed by atoms with E-state index in [1.54, 1.807) is 48.5 Å². The highest BCUT2D eigenvalue weighted by molar-refractivity contribution is 5.89. The Morgan fingerprint density at radius 2 is 1.87 bits per heavy atom. The molecule has 0 unspecified atom stereocenters. The summed E-state index contributed by atoms with van der Waals surface area (Å²) < 4.78 is 10.4. The van der Waals surface area contributed by atoms with Gasteiger partial charge in [-0.2, -0.15) is 5.26 Å². The molecule has 0 aliphatic carbocycles. The zero-order valence-electron chi connectivity index (χ0n) is 12.4. The van der Waals surface area contributed by atoms with Gasteiger partial charge in [0.15, 0.2) is 6.61 Å². The van der Waals surface area contributed by atoms with E-state index in [4.69, 9.17) is 14.7 Å². The summed E-state index contributed by atoms with van der Waals surface area (Å²) in [6.07, 6.45) is 0. The van der Waals surface area contributed by atoms with Gasteiger partial charge in [-0.3, -0.25) is 4.79 Å². The lowest BCUT2D eigenvalue weighted by molar-refractivity contribution is -0.136. The Morgan fingerprint density at radius 1 is 1.13 bits per heavy atom. The lowest BCUT2D eigenvalue weighted by Gasteiger charge is -2.08. The summed E-state index contributed by atoms with van der Waals surface area (Å²) in [4.78, 5) is 22.7. The number of anilines is 1. The number of hydrogen-bond donors (Lipinski definition) is 1. The number of rotatable bonds is 5. The van der Waals surface area contributed by atoms with Crippen molar-refractivity contribution in [3.05, 3.63) is 54.1 Å². The van der Waals surface area contributed by atoms with E-state index in [-0.39, 0.29) is 12.5 Å². The van der Waals surface area contributed by atoms with E-state index in [0.29, 0.717) is 22.7 Å². The fraction of sp³-hybridized carbons (Fsp3) is 0.118. The number of carbonyl (C=O) groups excluding carboxylic acids is 2. The number of hydrogen-bond acceptors (Lipinski definition) is 5. The minimum absolute atomic E-state index is 0.211. The van der Waals surface area contributed by atoms with Gasteiger partial charge in [-0.25, -0.2) is 4.79 Å². The van der Waals surface area contributed by atoms with Crippen LogP contribution in [0.4, 0.5) is 5.69 Å². The Morgan fingerprint density at radius 3 is 2.52 bits per heavy atom. The van der Waals surface area contributed by atoms with Crippen molar-refractivity contribution in [1.29, 1.82) is 5.26 Å². The molecule has 6 nitrogen and oxygen atoms in total. The number of nitriles is 1. The fourth-order valence-electron chi connectivity index (χ4n) is 1.77. The second kappa shape index (κ2) is 7.61. The molecule has 0 aliphatic rings. The molecule has 0 heterocycles. The number of amides is 1. The first-order valence-corrected chi connectivity index (χ1v) is 6.78. The van der Waals surface area contributed by atoms with Crippen molar-refractivity contribution < 1.29 is 19.1 Å². The zero-order valence-corrected chi connectivity index (χ0v) is 12.4. The molecule has 1 amide bonds. The Balaban J connectivity index is 1.89. The van der Waals surface area contributed by atoms with Gasteiger partial charge >= 0.3 is 5.97 Å². The lowest BCUT2D eigenvalue weighted by atomic mass is 10.2. The predicted octanol–water partition coefficient (Wildman–Crippen LogP) is 2.50. The maximum atomic E-state index is 11.8. The van der Waals surface area contributed by atoms with Gasteiger partial charge in [0.1, 0.15) is 11.5 Å². The van der Waals surface area contributed by atoms with Gasteiger partial charge in [0.25, 0.3) is 0 Å². The quantitative estimate of drug-likeness (QED) is 0.677. The van der Waals surface area contributed by atoms with Crippen molar-refractivity contribution in [2.45, 2.75) is 6.92 Å². The van der Waals surface area contributed by atoms with Crippen LogP contribution >= 0.6 is 0 Å². The first-order valence-electron chi connectivity index (χ1n) is 6.78. The highest BCUT2D eigenvalue weighted by Gasteiger charge is 2.07. The molecule has 0 bridgehead atoms. The number of ether oxygens (including phenoxy) is 2. The van der Waals surface area contributed by atoms with Gasteiger partial charge in [0, 0.05) is 18.7 Å². The molecule has 1 N–H and O–H groups in total. The van der Waals surface area contributed by atoms with Crippen LogP contribution in [-0.2, 0) is 9.59 Å². The van der Waals surface area contributed by atoms with Gasteiger partial charge in [-0.05, 0) is 36.4 Å². The van der Waals surface area contributed by atoms with Gasteiger partial charge in [-0.1, -0.05) is 6.07 Å². The standard InChI is InChI=1S/C17H14N2O4/c1-12(20)19-14-3-2-4-16(9-14)23-17(21)11-22-15-7-5-13(10-18)6-8-15/h2-9H,11H2,1H3,(H,19,20). The summed E-state index contributed by atoms with van der Waals surface area (Å²) in [5.41, 5.74) is 1.05. The molecule has 0 aromatic heterocycles. The number of nitrogens with one attached hydrogen (secondary N) is 1. The molecule has 2 aromatic carbocycles. The summed E-state index contributed by atoms with van der Waals surface area (Å²) in [7, 11) is 0. The molecule has 0 radical (unpaired) electrons. The fourth-order valence-corrected chi connectivity index (χ4v) is 1.77. The molecular formula is C17H14N2O4. The normalized spacial score (nSPS) is 9.57. The predicted molar refractivity (Wildman–Crippen MR) is 83.0 cm³/mol. The summed E-state index contributed by atoms with van der Waals surface area (Å²) >= 11 is 0. The van der Waals surface area contributed by atoms with Gasteiger partial charge in [0.05, 0.1) is 11.6 Å². The maximum absolute atomic E-state index is 11.8. The minimum atomic E-state index is -0.575. The Kier molecular flexibility index (Phi) is 5.31. The third-order valence-corrected chi connectivity index (χ3v) is 2.73. The SMILES string of the molecule is CC(=O)Nc1cccc(OC(=O)COc2ccc(C#N)cc2)c1. The lowest BCUT2D eigenvalue weighted by Crippen LogP contribution is -2.17. The smallest absolute Gasteiger partial charge is 0.349 e. The van der Waals surface area contributed by atoms with E-state index >= 15 is 0 Å². The molecule has 0 atom stereocenters. The molecule has 2 rings (SSSR count). The van der Waals surface area contributed by atoms with E-state index in [2.05, 4.69) is 5.32 Å². The molecule has 6 heteroatoms. The average molecular weight is 310 g/mol. The van der Waals surface area contributed by atoms with Crippen molar-refractivity contribution >= 4 is 17.6 Å². The van der Waals surface area contributed by atoms with E-state index in [1.807, 2.05) is 6.07 Å². The van der Waals surface area contributed by atoms with Gasteiger partial charge in [0.2, 0.25) is 5.91 Å². The summed E-state index contributed by atoms with van der Waals surface area (Å²) in [6, 6.07) is 14.9. The first kappa shape index (κ1) is 16.0. The topological polar surface area (TPSA) is 88.4 Å². The Labute approximate surface area is 133 Å². The van der Waals surface area contributed by atoms with Crippen LogP contribution in [0.2, 0.25) is 0 Å². The maximum Gasteiger partial charge on any atom is 0.349 e. The Hall–Kier alpha value is -3.33. The van der Waals surface area contributed by atoms with Crippen molar-refractivity contribution in [3.63, 3.8) is 0 Å². The second-order valence-corrected chi connectivity index (χ2v) is 4.61. The van der Waals surface area contributed by atoms with Crippen molar-refractivity contribution in [2.75, 3.05) is 11.9 Å². The summed E-state index contributed by atoms with van der Waals surface area (Å²) in [5, 5.41) is 11.3. The third-order valence-electron chi connectivity index (χ3n) is 2.73. The molecule has 116 valence electrons. The van der Waals surface area contributed by atoms with Crippen LogP contribution in [-0.4, -0.2) is 18.5 Å². The molecule has 0 spiro atoms. The van der Waals surface area contributed by atoms with Crippen molar-refractivity contribution in [1.82, 2.24) is 0 Å². The van der Waals surface area contributed by atoms with Crippen LogP contribution in [0.5, 0.6) is 11.5 Å². The zero-order chi connectivity index (χ0) is 16.7. The van der Waals surface area contributed by atoms with Crippen molar-refractivity contribution in [3.8, 4) is 17.6 Å². The number of benzene rings is 2. The van der Waals surface area contributed by atoms with Crippen LogP contribution in [0.3, 0.4) is 0 Å². The molecule has 0 fully saturated rings. The average Bonchev–Trinajstić information content (AvgIpc) is 2.53. The largest absolute Gasteiger partial charge is 0.482 e. The Bertz CT molecular complexity index is 748. The van der Waals surface area contributed by atoms with Gasteiger partial charge < -0.3 is 14.8 Å². The molecular weight excluding hydrogens is 296 g/mol. The van der Waals surface area contributed by atoms with Gasteiger partial charge in [-0.15, -0.1) is 0 Å². The van der Waals surface area contributed by atoms with Crippen LogP contribution in [0.15, 0.2) is 48.5 Å². The molecule has 23 heavy (non-hydrogen) atoms. The summed E-state index contributed by atoms with van der Waals surface area (Å²) in [5.74, 6) is -0.00964. The molecule has 2 aromatic rings. The third kappa shape index (κ3) is 5.17. The van der Waals surface area contributed by atoms with Crippen molar-refractivity contribution in [2.24, 2.45) is 0 Å². The van der Waals surface area contributed by atoms with E-state index in [1.165, 1.54) is 6.92 Å². The van der Waals surface area contributed by atoms with Crippen LogP contribution in [0.25, 0.3) is 0 Å². The van der Waals surface area contributed by atoms with Crippen LogP contribution in [0.1, 0.15) is 12.5 Å². The summed E-state index contributed by atoms with van der Waals surface area (Å²) in [6.45, 7) is 1.13. The molecule has 0 aliphatic heterocycles. The monoisotopic (exact) mass is 310 g/mol. The highest BCUT2D eigenvalue weighted by atomic mass is 16.6. The van der Waals surface area contributed by atoms with E-state index < -0.39 is 5.97 Å². The highest BCUT2D eigenvalue weighted by Crippen LogP contribution is 2.18. The second-order valence-electron chi connectivity index (χ2n) is 4.61. The van der Waals surface area contributed by atoms with Crippen LogP contribution < -0.4 is 14.8 Å². The first-order chi connectivity index (χ1) is 11.1. The number of nitrogens with zero attached hydrogens (tertiary/aromatic N) is 1. The number of carbonyl (C=O) groups is 2. The minimum Gasteiger partial charge on any atom is -0.482 e. The van der Waals surface area contributed by atoms with Crippen LogP contribution in [0, 0.1) is 11.3 Å². The molecule has 0 saturated heterocycles. The van der Waals surface area contributed by atoms with E-state index in [9.17, 15) is 9.59 Å². The van der Waals surface area contributed by atoms with E-state index in [0.717, 1.165) is 0 Å². The number of esters is 1.